The van der Waals surface area contributed by atoms with Crippen LogP contribution in [-0.2, 0) is 11.2 Å². The zero-order valence-electron chi connectivity index (χ0n) is 15.6. The van der Waals surface area contributed by atoms with Gasteiger partial charge in [-0.25, -0.2) is 0 Å². The first kappa shape index (κ1) is 19.0. The minimum atomic E-state index is 0.0332. The van der Waals surface area contributed by atoms with Gasteiger partial charge in [0.2, 0.25) is 5.91 Å². The number of hydrogen-bond acceptors (Lipinski definition) is 2. The van der Waals surface area contributed by atoms with E-state index in [2.05, 4.69) is 36.5 Å². The molecular formula is C22H29NO2. The molecular weight excluding hydrogens is 310 g/mol. The van der Waals surface area contributed by atoms with Crippen LogP contribution in [0.1, 0.15) is 49.3 Å². The quantitative estimate of drug-likeness (QED) is 0.617. The smallest absolute Gasteiger partial charge is 0.224 e. The Labute approximate surface area is 151 Å². The number of ether oxygens (including phenoxy) is 1. The first-order chi connectivity index (χ1) is 12.1. The summed E-state index contributed by atoms with van der Waals surface area (Å²) in [5.74, 6) is 0.939. The van der Waals surface area contributed by atoms with Gasteiger partial charge >= 0.3 is 0 Å². The Balaban J connectivity index is 1.71. The highest BCUT2D eigenvalue weighted by atomic mass is 16.5. The summed E-state index contributed by atoms with van der Waals surface area (Å²) in [6, 6.07) is 14.3. The van der Waals surface area contributed by atoms with Gasteiger partial charge in [0, 0.05) is 12.1 Å². The van der Waals surface area contributed by atoms with Crippen LogP contribution in [0.3, 0.4) is 0 Å². The number of anilines is 1. The fraction of sp³-hybridized carbons (Fsp3) is 0.409. The lowest BCUT2D eigenvalue weighted by molar-refractivity contribution is -0.116. The lowest BCUT2D eigenvalue weighted by atomic mass is 10.1. The van der Waals surface area contributed by atoms with Crippen LogP contribution < -0.4 is 10.1 Å². The lowest BCUT2D eigenvalue weighted by Gasteiger charge is -2.10. The van der Waals surface area contributed by atoms with Gasteiger partial charge in [-0.05, 0) is 68.0 Å². The van der Waals surface area contributed by atoms with E-state index in [1.807, 2.05) is 32.0 Å². The fourth-order valence-corrected chi connectivity index (χ4v) is 2.64. The molecule has 0 heterocycles. The third-order valence-corrected chi connectivity index (χ3v) is 4.21. The van der Waals surface area contributed by atoms with Crippen LogP contribution in [0.5, 0.6) is 5.75 Å². The van der Waals surface area contributed by atoms with Crippen LogP contribution in [0.25, 0.3) is 0 Å². The van der Waals surface area contributed by atoms with Crippen molar-refractivity contribution in [2.45, 2.75) is 52.9 Å². The maximum absolute atomic E-state index is 12.0. The Kier molecular flexibility index (Phi) is 7.52. The SMILES string of the molecule is CCCCc1ccc(NC(=O)CCCOc2cc(C)ccc2C)cc1. The van der Waals surface area contributed by atoms with Crippen LogP contribution in [-0.4, -0.2) is 12.5 Å². The Morgan fingerprint density at radius 3 is 2.52 bits per heavy atom. The molecule has 2 rings (SSSR count). The van der Waals surface area contributed by atoms with Crippen LogP contribution in [0, 0.1) is 13.8 Å². The molecule has 0 bridgehead atoms. The van der Waals surface area contributed by atoms with Crippen LogP contribution in [0.2, 0.25) is 0 Å². The zero-order chi connectivity index (χ0) is 18.1. The predicted molar refractivity (Wildman–Crippen MR) is 104 cm³/mol. The first-order valence-electron chi connectivity index (χ1n) is 9.17. The maximum atomic E-state index is 12.0. The van der Waals surface area contributed by atoms with Crippen molar-refractivity contribution in [3.63, 3.8) is 0 Å². The molecule has 1 N–H and O–H groups in total. The summed E-state index contributed by atoms with van der Waals surface area (Å²) in [5.41, 5.74) is 4.49. The number of amides is 1. The van der Waals surface area contributed by atoms with Crippen molar-refractivity contribution in [2.75, 3.05) is 11.9 Å². The molecule has 0 saturated carbocycles. The van der Waals surface area contributed by atoms with Gasteiger partial charge in [-0.1, -0.05) is 37.6 Å². The van der Waals surface area contributed by atoms with Gasteiger partial charge in [0.25, 0.3) is 0 Å². The molecule has 134 valence electrons. The van der Waals surface area contributed by atoms with Crippen molar-refractivity contribution in [1.82, 2.24) is 0 Å². The normalized spacial score (nSPS) is 10.5. The molecule has 0 aromatic heterocycles. The van der Waals surface area contributed by atoms with E-state index in [-0.39, 0.29) is 5.91 Å². The summed E-state index contributed by atoms with van der Waals surface area (Å²) in [7, 11) is 0. The average Bonchev–Trinajstić information content (AvgIpc) is 2.61. The van der Waals surface area contributed by atoms with Crippen molar-refractivity contribution < 1.29 is 9.53 Å². The molecule has 0 radical (unpaired) electrons. The number of hydrogen-bond donors (Lipinski definition) is 1. The van der Waals surface area contributed by atoms with Crippen LogP contribution in [0.15, 0.2) is 42.5 Å². The Hall–Kier alpha value is -2.29. The van der Waals surface area contributed by atoms with E-state index in [1.54, 1.807) is 0 Å². The first-order valence-corrected chi connectivity index (χ1v) is 9.17. The summed E-state index contributed by atoms with van der Waals surface area (Å²) in [6.45, 7) is 6.82. The number of benzene rings is 2. The molecule has 0 aliphatic carbocycles. The molecule has 0 aliphatic heterocycles. The van der Waals surface area contributed by atoms with Crippen LogP contribution in [0.4, 0.5) is 5.69 Å². The molecule has 0 atom stereocenters. The van der Waals surface area contributed by atoms with Gasteiger partial charge in [0.1, 0.15) is 5.75 Å². The highest BCUT2D eigenvalue weighted by Gasteiger charge is 2.04. The number of carbonyl (C=O) groups excluding carboxylic acids is 1. The monoisotopic (exact) mass is 339 g/mol. The molecule has 3 nitrogen and oxygen atoms in total. The molecule has 2 aromatic rings. The molecule has 2 aromatic carbocycles. The highest BCUT2D eigenvalue weighted by Crippen LogP contribution is 2.19. The third-order valence-electron chi connectivity index (χ3n) is 4.21. The van der Waals surface area contributed by atoms with Crippen molar-refractivity contribution in [3.8, 4) is 5.75 Å². The molecule has 0 aliphatic rings. The molecule has 0 saturated heterocycles. The van der Waals surface area contributed by atoms with Gasteiger partial charge in [0.05, 0.1) is 6.61 Å². The molecule has 3 heteroatoms. The Morgan fingerprint density at radius 1 is 1.04 bits per heavy atom. The van der Waals surface area contributed by atoms with E-state index in [1.165, 1.54) is 24.0 Å². The van der Waals surface area contributed by atoms with Crippen molar-refractivity contribution in [2.24, 2.45) is 0 Å². The number of rotatable bonds is 9. The van der Waals surface area contributed by atoms with E-state index >= 15 is 0 Å². The van der Waals surface area contributed by atoms with Crippen molar-refractivity contribution >= 4 is 11.6 Å². The Morgan fingerprint density at radius 2 is 1.80 bits per heavy atom. The van der Waals surface area contributed by atoms with Gasteiger partial charge in [0.15, 0.2) is 0 Å². The van der Waals surface area contributed by atoms with Gasteiger partial charge in [-0.3, -0.25) is 4.79 Å². The summed E-state index contributed by atoms with van der Waals surface area (Å²) >= 11 is 0. The second-order valence-corrected chi connectivity index (χ2v) is 6.57. The lowest BCUT2D eigenvalue weighted by Crippen LogP contribution is -2.13. The topological polar surface area (TPSA) is 38.3 Å². The fourth-order valence-electron chi connectivity index (χ4n) is 2.64. The largest absolute Gasteiger partial charge is 0.493 e. The summed E-state index contributed by atoms with van der Waals surface area (Å²) in [5, 5.41) is 2.95. The average molecular weight is 339 g/mol. The second-order valence-electron chi connectivity index (χ2n) is 6.57. The third kappa shape index (κ3) is 6.61. The number of unbranched alkanes of at least 4 members (excludes halogenated alkanes) is 1. The van der Waals surface area contributed by atoms with Gasteiger partial charge in [-0.15, -0.1) is 0 Å². The standard InChI is InChI=1S/C22H29NO2/c1-4-5-7-19-11-13-20(14-12-19)23-22(24)8-6-15-25-21-16-17(2)9-10-18(21)3/h9-14,16H,4-8,15H2,1-3H3,(H,23,24). The summed E-state index contributed by atoms with van der Waals surface area (Å²) < 4.78 is 5.79. The number of aryl methyl sites for hydroxylation is 3. The van der Waals surface area contributed by atoms with Gasteiger partial charge < -0.3 is 10.1 Å². The van der Waals surface area contributed by atoms with E-state index in [0.29, 0.717) is 19.4 Å². The van der Waals surface area contributed by atoms with E-state index in [9.17, 15) is 4.79 Å². The molecule has 0 unspecified atom stereocenters. The summed E-state index contributed by atoms with van der Waals surface area (Å²) in [4.78, 5) is 12.0. The molecule has 0 fully saturated rings. The van der Waals surface area contributed by atoms with Crippen molar-refractivity contribution in [1.29, 1.82) is 0 Å². The molecule has 1 amide bonds. The number of nitrogens with one attached hydrogen (secondary N) is 1. The van der Waals surface area contributed by atoms with E-state index in [0.717, 1.165) is 23.4 Å². The minimum absolute atomic E-state index is 0.0332. The Bertz CT molecular complexity index is 677. The van der Waals surface area contributed by atoms with E-state index in [4.69, 9.17) is 4.74 Å². The second kappa shape index (κ2) is 9.87. The minimum Gasteiger partial charge on any atom is -0.493 e. The predicted octanol–water partition coefficient (Wildman–Crippen LogP) is 5.44. The summed E-state index contributed by atoms with van der Waals surface area (Å²) in [6.07, 6.45) is 4.66. The van der Waals surface area contributed by atoms with Gasteiger partial charge in [-0.2, -0.15) is 0 Å². The maximum Gasteiger partial charge on any atom is 0.224 e. The highest BCUT2D eigenvalue weighted by molar-refractivity contribution is 5.90. The molecule has 0 spiro atoms. The van der Waals surface area contributed by atoms with E-state index < -0.39 is 0 Å². The zero-order valence-corrected chi connectivity index (χ0v) is 15.6. The van der Waals surface area contributed by atoms with Crippen LogP contribution >= 0.6 is 0 Å². The van der Waals surface area contributed by atoms with Crippen molar-refractivity contribution in [3.05, 3.63) is 59.2 Å². The molecule has 25 heavy (non-hydrogen) atoms. The number of carbonyl (C=O) groups is 1.